The number of ether oxygens (including phenoxy) is 2. The lowest BCUT2D eigenvalue weighted by Crippen LogP contribution is -2.09. The SMILES string of the molecule is CCOC(=O)CCOc1ccc(S(=O)(=O)c2ccc(N=NN(C)C)cc2)cc1. The fourth-order valence-electron chi connectivity index (χ4n) is 2.17. The van der Waals surface area contributed by atoms with Gasteiger partial charge in [-0.15, -0.1) is 5.11 Å². The molecule has 0 radical (unpaired) electrons. The van der Waals surface area contributed by atoms with Crippen LogP contribution < -0.4 is 4.74 Å². The minimum Gasteiger partial charge on any atom is -0.493 e. The zero-order valence-electron chi connectivity index (χ0n) is 16.0. The van der Waals surface area contributed by atoms with Crippen LogP contribution in [0.4, 0.5) is 5.69 Å². The first-order chi connectivity index (χ1) is 13.3. The van der Waals surface area contributed by atoms with Crippen molar-refractivity contribution in [1.82, 2.24) is 5.01 Å². The third-order valence-corrected chi connectivity index (χ3v) is 5.29. The molecular formula is C19H23N3O5S. The second kappa shape index (κ2) is 9.84. The lowest BCUT2D eigenvalue weighted by atomic mass is 10.3. The minimum atomic E-state index is -3.66. The Balaban J connectivity index is 2.04. The highest BCUT2D eigenvalue weighted by Crippen LogP contribution is 2.25. The fourth-order valence-corrected chi connectivity index (χ4v) is 3.43. The van der Waals surface area contributed by atoms with Gasteiger partial charge in [-0.3, -0.25) is 9.80 Å². The van der Waals surface area contributed by atoms with Crippen molar-refractivity contribution in [3.63, 3.8) is 0 Å². The molecule has 0 aromatic heterocycles. The lowest BCUT2D eigenvalue weighted by molar-refractivity contribution is -0.143. The summed E-state index contributed by atoms with van der Waals surface area (Å²) in [6.45, 7) is 2.22. The van der Waals surface area contributed by atoms with E-state index in [1.807, 2.05) is 0 Å². The Morgan fingerprint density at radius 2 is 1.57 bits per heavy atom. The van der Waals surface area contributed by atoms with Crippen LogP contribution in [0.5, 0.6) is 5.75 Å². The molecule has 2 aromatic rings. The van der Waals surface area contributed by atoms with E-state index in [1.54, 1.807) is 50.3 Å². The highest BCUT2D eigenvalue weighted by molar-refractivity contribution is 7.91. The van der Waals surface area contributed by atoms with Gasteiger partial charge in [0.1, 0.15) is 5.75 Å². The summed E-state index contributed by atoms with van der Waals surface area (Å²) in [6, 6.07) is 12.2. The Morgan fingerprint density at radius 1 is 1.00 bits per heavy atom. The Kier molecular flexibility index (Phi) is 7.51. The number of esters is 1. The molecule has 0 fully saturated rings. The summed E-state index contributed by atoms with van der Waals surface area (Å²) < 4.78 is 35.7. The van der Waals surface area contributed by atoms with Crippen LogP contribution in [0.15, 0.2) is 68.7 Å². The van der Waals surface area contributed by atoms with E-state index in [0.29, 0.717) is 18.0 Å². The highest BCUT2D eigenvalue weighted by atomic mass is 32.2. The average Bonchev–Trinajstić information content (AvgIpc) is 2.67. The summed E-state index contributed by atoms with van der Waals surface area (Å²) in [7, 11) is -0.172. The van der Waals surface area contributed by atoms with Crippen LogP contribution >= 0.6 is 0 Å². The van der Waals surface area contributed by atoms with Crippen molar-refractivity contribution in [3.05, 3.63) is 48.5 Å². The summed E-state index contributed by atoms with van der Waals surface area (Å²) in [5, 5.41) is 9.38. The van der Waals surface area contributed by atoms with E-state index in [1.165, 1.54) is 24.3 Å². The van der Waals surface area contributed by atoms with Gasteiger partial charge in [-0.1, -0.05) is 5.22 Å². The molecular weight excluding hydrogens is 382 g/mol. The normalized spacial score (nSPS) is 11.4. The molecule has 0 atom stereocenters. The van der Waals surface area contributed by atoms with E-state index in [0.717, 1.165) is 0 Å². The smallest absolute Gasteiger partial charge is 0.309 e. The molecule has 0 bridgehead atoms. The number of hydrogen-bond donors (Lipinski definition) is 0. The van der Waals surface area contributed by atoms with Crippen LogP contribution in [-0.2, 0) is 19.4 Å². The molecule has 0 aliphatic heterocycles. The highest BCUT2D eigenvalue weighted by Gasteiger charge is 2.17. The summed E-state index contributed by atoms with van der Waals surface area (Å²) in [5.41, 5.74) is 0.554. The Bertz CT molecular complexity index is 908. The van der Waals surface area contributed by atoms with Gasteiger partial charge in [-0.05, 0) is 55.5 Å². The molecule has 2 rings (SSSR count). The predicted octanol–water partition coefficient (Wildman–Crippen LogP) is 3.41. The van der Waals surface area contributed by atoms with Crippen molar-refractivity contribution in [2.75, 3.05) is 27.3 Å². The number of nitrogens with zero attached hydrogens (tertiary/aromatic N) is 3. The zero-order valence-corrected chi connectivity index (χ0v) is 16.8. The molecule has 0 aliphatic carbocycles. The van der Waals surface area contributed by atoms with Gasteiger partial charge in [0, 0.05) is 14.1 Å². The Labute approximate surface area is 164 Å². The van der Waals surface area contributed by atoms with Crippen molar-refractivity contribution in [2.24, 2.45) is 10.3 Å². The molecule has 9 heteroatoms. The van der Waals surface area contributed by atoms with Crippen molar-refractivity contribution in [2.45, 2.75) is 23.1 Å². The zero-order chi connectivity index (χ0) is 20.6. The minimum absolute atomic E-state index is 0.130. The predicted molar refractivity (Wildman–Crippen MR) is 103 cm³/mol. The average molecular weight is 405 g/mol. The molecule has 0 aliphatic rings. The molecule has 0 spiro atoms. The van der Waals surface area contributed by atoms with E-state index >= 15 is 0 Å². The number of benzene rings is 2. The summed E-state index contributed by atoms with van der Waals surface area (Å²) >= 11 is 0. The molecule has 0 saturated carbocycles. The van der Waals surface area contributed by atoms with Crippen LogP contribution in [-0.4, -0.2) is 46.7 Å². The van der Waals surface area contributed by atoms with Crippen LogP contribution in [0.3, 0.4) is 0 Å². The third kappa shape index (κ3) is 6.05. The van der Waals surface area contributed by atoms with Gasteiger partial charge < -0.3 is 9.47 Å². The molecule has 150 valence electrons. The quantitative estimate of drug-likeness (QED) is 0.360. The first kappa shape index (κ1) is 21.4. The second-order valence-electron chi connectivity index (χ2n) is 5.91. The maximum absolute atomic E-state index is 12.7. The summed E-state index contributed by atoms with van der Waals surface area (Å²) in [5.74, 6) is 0.137. The fraction of sp³-hybridized carbons (Fsp3) is 0.316. The lowest BCUT2D eigenvalue weighted by Gasteiger charge is -2.08. The van der Waals surface area contributed by atoms with Gasteiger partial charge in [0.25, 0.3) is 0 Å². The van der Waals surface area contributed by atoms with E-state index in [-0.39, 0.29) is 28.8 Å². The van der Waals surface area contributed by atoms with Crippen LogP contribution in [0, 0.1) is 0 Å². The first-order valence-corrected chi connectivity index (χ1v) is 10.1. The summed E-state index contributed by atoms with van der Waals surface area (Å²) in [4.78, 5) is 11.6. The van der Waals surface area contributed by atoms with Crippen LogP contribution in [0.25, 0.3) is 0 Å². The van der Waals surface area contributed by atoms with Gasteiger partial charge in [0.2, 0.25) is 9.84 Å². The molecule has 0 saturated heterocycles. The van der Waals surface area contributed by atoms with Gasteiger partial charge in [0.05, 0.1) is 35.1 Å². The number of carbonyl (C=O) groups is 1. The Morgan fingerprint density at radius 3 is 2.11 bits per heavy atom. The first-order valence-electron chi connectivity index (χ1n) is 8.65. The maximum atomic E-state index is 12.7. The van der Waals surface area contributed by atoms with E-state index < -0.39 is 9.84 Å². The standard InChI is InChI=1S/C19H23N3O5S/c1-4-26-19(23)13-14-27-16-7-11-18(12-8-16)28(24,25)17-9-5-15(6-10-17)20-21-22(2)3/h5-12H,4,13-14H2,1-3H3. The van der Waals surface area contributed by atoms with Crippen molar-refractivity contribution in [3.8, 4) is 5.75 Å². The number of rotatable bonds is 9. The molecule has 0 heterocycles. The van der Waals surface area contributed by atoms with Gasteiger partial charge >= 0.3 is 5.97 Å². The molecule has 0 unspecified atom stereocenters. The van der Waals surface area contributed by atoms with E-state index in [9.17, 15) is 13.2 Å². The van der Waals surface area contributed by atoms with E-state index in [2.05, 4.69) is 10.3 Å². The van der Waals surface area contributed by atoms with Gasteiger partial charge in [-0.25, -0.2) is 8.42 Å². The molecule has 0 amide bonds. The second-order valence-corrected chi connectivity index (χ2v) is 7.86. The van der Waals surface area contributed by atoms with Crippen LogP contribution in [0.1, 0.15) is 13.3 Å². The molecule has 28 heavy (non-hydrogen) atoms. The summed E-state index contributed by atoms with van der Waals surface area (Å²) in [6.07, 6.45) is 0.130. The monoisotopic (exact) mass is 405 g/mol. The van der Waals surface area contributed by atoms with Crippen molar-refractivity contribution < 1.29 is 22.7 Å². The van der Waals surface area contributed by atoms with Crippen molar-refractivity contribution >= 4 is 21.5 Å². The van der Waals surface area contributed by atoms with E-state index in [4.69, 9.17) is 9.47 Å². The number of carbonyl (C=O) groups excluding carboxylic acids is 1. The van der Waals surface area contributed by atoms with Crippen LogP contribution in [0.2, 0.25) is 0 Å². The maximum Gasteiger partial charge on any atom is 0.309 e. The molecule has 2 aromatic carbocycles. The Hall–Kier alpha value is -2.94. The third-order valence-electron chi connectivity index (χ3n) is 3.50. The largest absolute Gasteiger partial charge is 0.493 e. The number of hydrogen-bond acceptors (Lipinski definition) is 7. The topological polar surface area (TPSA) is 97.6 Å². The van der Waals surface area contributed by atoms with Gasteiger partial charge in [-0.2, -0.15) is 0 Å². The number of sulfone groups is 1. The van der Waals surface area contributed by atoms with Gasteiger partial charge in [0.15, 0.2) is 0 Å². The molecule has 0 N–H and O–H groups in total. The van der Waals surface area contributed by atoms with Crippen molar-refractivity contribution in [1.29, 1.82) is 0 Å². The molecule has 8 nitrogen and oxygen atoms in total.